The highest BCUT2D eigenvalue weighted by atomic mass is 16.5. The van der Waals surface area contributed by atoms with Gasteiger partial charge in [0.25, 0.3) is 0 Å². The zero-order valence-electron chi connectivity index (χ0n) is 13.5. The maximum Gasteiger partial charge on any atom is 0.402 e. The van der Waals surface area contributed by atoms with Crippen LogP contribution in [0, 0.1) is 20.8 Å². The van der Waals surface area contributed by atoms with Crippen molar-refractivity contribution in [1.82, 2.24) is 9.97 Å². The van der Waals surface area contributed by atoms with E-state index in [0.717, 1.165) is 45.3 Å². The van der Waals surface area contributed by atoms with E-state index in [0.29, 0.717) is 0 Å². The summed E-state index contributed by atoms with van der Waals surface area (Å²) >= 11 is 0. The van der Waals surface area contributed by atoms with Gasteiger partial charge in [0.05, 0.1) is 26.1 Å². The Morgan fingerprint density at radius 2 is 1.86 bits per heavy atom. The van der Waals surface area contributed by atoms with Crippen LogP contribution in [0.4, 0.5) is 0 Å². The van der Waals surface area contributed by atoms with Crippen molar-refractivity contribution in [2.75, 3.05) is 14.2 Å². The molecule has 5 nitrogen and oxygen atoms in total. The van der Waals surface area contributed by atoms with Crippen LogP contribution < -0.4 is 14.0 Å². The molecule has 0 amide bonds. The van der Waals surface area contributed by atoms with Crippen LogP contribution in [0.1, 0.15) is 16.8 Å². The predicted octanol–water partition coefficient (Wildman–Crippen LogP) is 2.78. The molecule has 0 spiro atoms. The highest BCUT2D eigenvalue weighted by Gasteiger charge is 2.20. The average molecular weight is 298 g/mol. The second kappa shape index (κ2) is 5.33. The van der Waals surface area contributed by atoms with Gasteiger partial charge in [0.2, 0.25) is 0 Å². The second-order valence-electron chi connectivity index (χ2n) is 5.37. The van der Waals surface area contributed by atoms with Crippen LogP contribution in [0.5, 0.6) is 11.5 Å². The van der Waals surface area contributed by atoms with Gasteiger partial charge in [0.1, 0.15) is 17.0 Å². The number of nitrogens with zero attached hydrogens (tertiary/aromatic N) is 2. The second-order valence-corrected chi connectivity index (χ2v) is 5.37. The van der Waals surface area contributed by atoms with Gasteiger partial charge in [-0.2, -0.15) is 0 Å². The van der Waals surface area contributed by atoms with Crippen LogP contribution in [0.25, 0.3) is 17.0 Å². The Morgan fingerprint density at radius 1 is 1.09 bits per heavy atom. The fraction of sp³-hybridized carbons (Fsp3) is 0.294. The van der Waals surface area contributed by atoms with E-state index in [1.807, 2.05) is 31.3 Å². The molecule has 0 saturated carbocycles. The van der Waals surface area contributed by atoms with Crippen molar-refractivity contribution in [2.45, 2.75) is 20.8 Å². The van der Waals surface area contributed by atoms with Gasteiger partial charge in [-0.15, -0.1) is 0 Å². The molecule has 1 aromatic carbocycles. The Kier molecular flexibility index (Phi) is 3.48. The molecule has 2 aromatic heterocycles. The molecule has 1 N–H and O–H groups in total. The number of methoxy groups -OCH3 is 2. The minimum Gasteiger partial charge on any atom is -0.497 e. The van der Waals surface area contributed by atoms with Crippen molar-refractivity contribution >= 4 is 11.0 Å². The summed E-state index contributed by atoms with van der Waals surface area (Å²) in [6.45, 7) is 6.15. The maximum atomic E-state index is 5.48. The Bertz CT molecular complexity index is 853. The quantitative estimate of drug-likeness (QED) is 0.756. The van der Waals surface area contributed by atoms with Crippen LogP contribution in [0.15, 0.2) is 24.4 Å². The number of imidazole rings is 1. The predicted molar refractivity (Wildman–Crippen MR) is 84.9 cm³/mol. The molecule has 0 saturated heterocycles. The molecule has 5 heteroatoms. The summed E-state index contributed by atoms with van der Waals surface area (Å²) in [5.74, 6) is 2.52. The molecule has 0 atom stereocenters. The van der Waals surface area contributed by atoms with Gasteiger partial charge in [-0.1, -0.05) is 4.98 Å². The van der Waals surface area contributed by atoms with Crippen LogP contribution in [-0.2, 0) is 0 Å². The number of aryl methyl sites for hydroxylation is 1. The third-order valence-electron chi connectivity index (χ3n) is 4.03. The largest absolute Gasteiger partial charge is 0.497 e. The average Bonchev–Trinajstić information content (AvgIpc) is 2.94. The van der Waals surface area contributed by atoms with Crippen molar-refractivity contribution in [1.29, 1.82) is 0 Å². The zero-order valence-corrected chi connectivity index (χ0v) is 13.5. The molecule has 114 valence electrons. The monoisotopic (exact) mass is 298 g/mol. The molecule has 0 unspecified atom stereocenters. The lowest BCUT2D eigenvalue weighted by atomic mass is 10.1. The first kappa shape index (κ1) is 14.4. The molecular formula is C17H20N3O2+. The van der Waals surface area contributed by atoms with Gasteiger partial charge < -0.3 is 9.47 Å². The van der Waals surface area contributed by atoms with E-state index in [4.69, 9.17) is 9.47 Å². The SMILES string of the molecule is COc1ccc2nc(-[n+]3cc(C)c(OC)c(C)c3C)[nH]c2c1. The molecule has 0 radical (unpaired) electrons. The van der Waals surface area contributed by atoms with Crippen molar-refractivity contribution in [3.05, 3.63) is 41.2 Å². The number of benzene rings is 1. The summed E-state index contributed by atoms with van der Waals surface area (Å²) in [6, 6.07) is 5.81. The Morgan fingerprint density at radius 3 is 2.55 bits per heavy atom. The van der Waals surface area contributed by atoms with Crippen molar-refractivity contribution in [2.24, 2.45) is 0 Å². The third kappa shape index (κ3) is 2.19. The molecule has 3 rings (SSSR count). The highest BCUT2D eigenvalue weighted by molar-refractivity contribution is 5.77. The molecule has 0 aliphatic carbocycles. The summed E-state index contributed by atoms with van der Waals surface area (Å²) in [4.78, 5) is 8.02. The summed E-state index contributed by atoms with van der Waals surface area (Å²) in [7, 11) is 3.36. The van der Waals surface area contributed by atoms with Gasteiger partial charge in [-0.05, 0) is 32.9 Å². The lowest BCUT2D eigenvalue weighted by Crippen LogP contribution is -2.37. The first-order chi connectivity index (χ1) is 10.5. The molecule has 0 fully saturated rings. The van der Waals surface area contributed by atoms with E-state index >= 15 is 0 Å². The molecular weight excluding hydrogens is 278 g/mol. The normalized spacial score (nSPS) is 11.0. The van der Waals surface area contributed by atoms with Crippen LogP contribution in [0.2, 0.25) is 0 Å². The van der Waals surface area contributed by atoms with Crippen molar-refractivity contribution in [3.63, 3.8) is 0 Å². The van der Waals surface area contributed by atoms with Gasteiger partial charge in [-0.25, -0.2) is 9.55 Å². The fourth-order valence-electron chi connectivity index (χ4n) is 2.74. The standard InChI is InChI=1S/C17H20N3O2/c1-10-9-20(12(3)11(2)16(10)22-5)17-18-14-7-6-13(21-4)8-15(14)19-17/h6-9H,1-5H3,(H,18,19)/q+1. The molecule has 2 heterocycles. The van der Waals surface area contributed by atoms with Crippen LogP contribution in [-0.4, -0.2) is 24.2 Å². The lowest BCUT2D eigenvalue weighted by molar-refractivity contribution is -0.610. The maximum absolute atomic E-state index is 5.48. The van der Waals surface area contributed by atoms with E-state index < -0.39 is 0 Å². The van der Waals surface area contributed by atoms with E-state index in [9.17, 15) is 0 Å². The smallest absolute Gasteiger partial charge is 0.402 e. The summed E-state index contributed by atoms with van der Waals surface area (Å²) < 4.78 is 12.8. The van der Waals surface area contributed by atoms with E-state index in [1.165, 1.54) is 0 Å². The minimum absolute atomic E-state index is 0.787. The minimum atomic E-state index is 0.787. The summed E-state index contributed by atoms with van der Waals surface area (Å²) in [5.41, 5.74) is 5.14. The number of nitrogens with one attached hydrogen (secondary N) is 1. The van der Waals surface area contributed by atoms with Gasteiger partial charge in [-0.3, -0.25) is 0 Å². The number of H-pyrrole nitrogens is 1. The molecule has 0 aliphatic heterocycles. The topological polar surface area (TPSA) is 51.0 Å². The Balaban J connectivity index is 2.19. The Hall–Kier alpha value is -2.56. The van der Waals surface area contributed by atoms with Crippen LogP contribution >= 0.6 is 0 Å². The number of hydrogen-bond acceptors (Lipinski definition) is 3. The van der Waals surface area contributed by atoms with Gasteiger partial charge in [0.15, 0.2) is 5.52 Å². The number of hydrogen-bond donors (Lipinski definition) is 1. The van der Waals surface area contributed by atoms with E-state index in [2.05, 4.69) is 28.4 Å². The molecule has 0 bridgehead atoms. The first-order valence-electron chi connectivity index (χ1n) is 7.15. The van der Waals surface area contributed by atoms with Crippen molar-refractivity contribution < 1.29 is 14.0 Å². The van der Waals surface area contributed by atoms with Crippen LogP contribution in [0.3, 0.4) is 0 Å². The summed E-state index contributed by atoms with van der Waals surface area (Å²) in [6.07, 6.45) is 2.04. The number of pyridine rings is 1. The third-order valence-corrected chi connectivity index (χ3v) is 4.03. The van der Waals surface area contributed by atoms with Gasteiger partial charge >= 0.3 is 5.95 Å². The number of ether oxygens (including phenoxy) is 2. The van der Waals surface area contributed by atoms with E-state index in [-0.39, 0.29) is 0 Å². The number of rotatable bonds is 3. The van der Waals surface area contributed by atoms with E-state index in [1.54, 1.807) is 14.2 Å². The summed E-state index contributed by atoms with van der Waals surface area (Å²) in [5, 5.41) is 0. The fourth-order valence-corrected chi connectivity index (χ4v) is 2.74. The number of aromatic amines is 1. The number of aromatic nitrogens is 3. The highest BCUT2D eigenvalue weighted by Crippen LogP contribution is 2.24. The Labute approximate surface area is 129 Å². The number of fused-ring (bicyclic) bond motifs is 1. The molecule has 22 heavy (non-hydrogen) atoms. The first-order valence-corrected chi connectivity index (χ1v) is 7.15. The van der Waals surface area contributed by atoms with Gasteiger partial charge in [0, 0.05) is 17.2 Å². The zero-order chi connectivity index (χ0) is 15.9. The molecule has 3 aromatic rings. The molecule has 0 aliphatic rings. The lowest BCUT2D eigenvalue weighted by Gasteiger charge is -2.12. The van der Waals surface area contributed by atoms with Crippen molar-refractivity contribution in [3.8, 4) is 17.4 Å².